The summed E-state index contributed by atoms with van der Waals surface area (Å²) in [5, 5.41) is 2.05. The van der Waals surface area contributed by atoms with Gasteiger partial charge in [0.05, 0.1) is 0 Å². The Morgan fingerprint density at radius 1 is 1.40 bits per heavy atom. The summed E-state index contributed by atoms with van der Waals surface area (Å²) in [4.78, 5) is 0. The molecule has 0 aromatic rings. The minimum Gasteiger partial charge on any atom is -0.221 e. The monoisotopic (exact) mass is 157 g/mol. The summed E-state index contributed by atoms with van der Waals surface area (Å²) >= 11 is 1.52. The fraction of sp³-hybridized carbons (Fsp3) is 0.625. The highest BCUT2D eigenvalue weighted by molar-refractivity contribution is 8.01. The zero-order valence-corrected chi connectivity index (χ0v) is 7.96. The number of nitrogens with zero attached hydrogens (tertiary/aromatic N) is 1. The fourth-order valence-electron chi connectivity index (χ4n) is 0.286. The quantitative estimate of drug-likeness (QED) is 0.451. The Morgan fingerprint density at radius 2 is 2.00 bits per heavy atom. The molecule has 2 heteroatoms. The molecule has 1 nitrogen and oxygen atoms in total. The summed E-state index contributed by atoms with van der Waals surface area (Å²) in [5.74, 6) is 0. The van der Waals surface area contributed by atoms with Crippen LogP contribution in [0.5, 0.6) is 0 Å². The van der Waals surface area contributed by atoms with Crippen LogP contribution in [-0.4, -0.2) is 5.71 Å². The third kappa shape index (κ3) is 5.89. The van der Waals surface area contributed by atoms with Crippen molar-refractivity contribution >= 4 is 17.7 Å². The second kappa shape index (κ2) is 5.54. The van der Waals surface area contributed by atoms with Gasteiger partial charge in [-0.1, -0.05) is 12.5 Å². The number of allylic oxidation sites excluding steroid dienone is 1. The van der Waals surface area contributed by atoms with Gasteiger partial charge >= 0.3 is 0 Å². The van der Waals surface area contributed by atoms with Gasteiger partial charge in [-0.3, -0.25) is 0 Å². The van der Waals surface area contributed by atoms with Crippen LogP contribution in [0.4, 0.5) is 0 Å². The molecular formula is C8H15NS. The molecule has 0 aromatic heterocycles. The lowest BCUT2D eigenvalue weighted by atomic mass is 10.3. The van der Waals surface area contributed by atoms with Gasteiger partial charge < -0.3 is 0 Å². The third-order valence-corrected chi connectivity index (χ3v) is 2.00. The van der Waals surface area contributed by atoms with Crippen LogP contribution in [0.2, 0.25) is 0 Å². The van der Waals surface area contributed by atoms with Gasteiger partial charge in [0.25, 0.3) is 0 Å². The molecule has 10 heavy (non-hydrogen) atoms. The van der Waals surface area contributed by atoms with Crippen molar-refractivity contribution < 1.29 is 0 Å². The number of hydrogen-bond donors (Lipinski definition) is 0. The Morgan fingerprint density at radius 3 is 2.40 bits per heavy atom. The lowest BCUT2D eigenvalue weighted by molar-refractivity contribution is 1.27. The topological polar surface area (TPSA) is 12.4 Å². The van der Waals surface area contributed by atoms with Gasteiger partial charge in [-0.2, -0.15) is 0 Å². The molecule has 0 atom stereocenters. The average molecular weight is 157 g/mol. The minimum absolute atomic E-state index is 1.05. The van der Waals surface area contributed by atoms with Crippen LogP contribution in [0.3, 0.4) is 0 Å². The van der Waals surface area contributed by atoms with Gasteiger partial charge in [0.2, 0.25) is 0 Å². The molecule has 0 radical (unpaired) electrons. The molecule has 0 fully saturated rings. The van der Waals surface area contributed by atoms with Crippen molar-refractivity contribution in [1.29, 1.82) is 0 Å². The van der Waals surface area contributed by atoms with Crippen LogP contribution >= 0.6 is 11.9 Å². The molecule has 0 unspecified atom stereocenters. The molecule has 0 spiro atoms. The summed E-state index contributed by atoms with van der Waals surface area (Å²) in [5.41, 5.74) is 2.50. The average Bonchev–Trinajstić information content (AvgIpc) is 1.87. The van der Waals surface area contributed by atoms with Crippen molar-refractivity contribution in [3.63, 3.8) is 0 Å². The van der Waals surface area contributed by atoms with Gasteiger partial charge in [-0.25, -0.2) is 4.40 Å². The Hall–Kier alpha value is -0.240. The zero-order chi connectivity index (χ0) is 7.98. The van der Waals surface area contributed by atoms with Crippen LogP contribution in [0.25, 0.3) is 0 Å². The Bertz CT molecular complexity index is 143. The van der Waals surface area contributed by atoms with Gasteiger partial charge in [0.1, 0.15) is 0 Å². The van der Waals surface area contributed by atoms with Crippen molar-refractivity contribution in [3.05, 3.63) is 11.0 Å². The highest BCUT2D eigenvalue weighted by Crippen LogP contribution is 2.08. The van der Waals surface area contributed by atoms with Gasteiger partial charge in [-0.15, -0.1) is 0 Å². The molecule has 0 amide bonds. The molecule has 0 rings (SSSR count). The molecule has 0 bridgehead atoms. The van der Waals surface area contributed by atoms with Gasteiger partial charge in [0, 0.05) is 17.7 Å². The molecule has 0 aliphatic heterocycles. The minimum atomic E-state index is 1.05. The molecule has 58 valence electrons. The maximum Gasteiger partial charge on any atom is 0.0232 e. The SMILES string of the molecule is CC/C(C)=N\SC=C(C)C. The number of rotatable bonds is 3. The Balaban J connectivity index is 3.63. The standard InChI is InChI=1S/C8H15NS/c1-5-8(4)9-10-6-7(2)3/h6H,5H2,1-4H3/b9-8-. The van der Waals surface area contributed by atoms with Crippen molar-refractivity contribution in [2.24, 2.45) is 4.40 Å². The van der Waals surface area contributed by atoms with E-state index in [9.17, 15) is 0 Å². The van der Waals surface area contributed by atoms with E-state index in [1.165, 1.54) is 23.2 Å². The molecule has 0 aliphatic carbocycles. The van der Waals surface area contributed by atoms with Crippen LogP contribution in [0.15, 0.2) is 15.4 Å². The van der Waals surface area contributed by atoms with E-state index in [0.29, 0.717) is 0 Å². The molecule has 0 aromatic carbocycles. The lowest BCUT2D eigenvalue weighted by Gasteiger charge is -1.90. The van der Waals surface area contributed by atoms with Crippen LogP contribution in [0.1, 0.15) is 34.1 Å². The molecule has 0 aliphatic rings. The highest BCUT2D eigenvalue weighted by atomic mass is 32.2. The normalized spacial score (nSPS) is 11.4. The molecule has 0 saturated heterocycles. The van der Waals surface area contributed by atoms with E-state index in [2.05, 4.69) is 30.6 Å². The second-order valence-electron chi connectivity index (χ2n) is 2.48. The summed E-state index contributed by atoms with van der Waals surface area (Å²) in [6.07, 6.45) is 1.05. The van der Waals surface area contributed by atoms with E-state index in [-0.39, 0.29) is 0 Å². The van der Waals surface area contributed by atoms with E-state index in [1.807, 2.05) is 6.92 Å². The van der Waals surface area contributed by atoms with Crippen molar-refractivity contribution in [2.45, 2.75) is 34.1 Å². The summed E-state index contributed by atoms with van der Waals surface area (Å²) < 4.78 is 4.24. The van der Waals surface area contributed by atoms with E-state index >= 15 is 0 Å². The maximum absolute atomic E-state index is 4.24. The van der Waals surface area contributed by atoms with Crippen LogP contribution in [-0.2, 0) is 0 Å². The molecule has 0 saturated carbocycles. The third-order valence-electron chi connectivity index (χ3n) is 1.01. The molecule has 0 heterocycles. The zero-order valence-electron chi connectivity index (χ0n) is 7.14. The smallest absolute Gasteiger partial charge is 0.0232 e. The summed E-state index contributed by atoms with van der Waals surface area (Å²) in [6, 6.07) is 0. The first-order valence-electron chi connectivity index (χ1n) is 3.49. The van der Waals surface area contributed by atoms with Gasteiger partial charge in [-0.05, 0) is 32.6 Å². The second-order valence-corrected chi connectivity index (χ2v) is 3.11. The van der Waals surface area contributed by atoms with Crippen molar-refractivity contribution in [1.82, 2.24) is 0 Å². The van der Waals surface area contributed by atoms with Gasteiger partial charge in [0.15, 0.2) is 0 Å². The Kier molecular flexibility index (Phi) is 5.40. The first-order chi connectivity index (χ1) is 4.66. The lowest BCUT2D eigenvalue weighted by Crippen LogP contribution is -1.82. The highest BCUT2D eigenvalue weighted by Gasteiger charge is 1.82. The largest absolute Gasteiger partial charge is 0.221 e. The predicted octanol–water partition coefficient (Wildman–Crippen LogP) is 3.43. The van der Waals surface area contributed by atoms with E-state index in [4.69, 9.17) is 0 Å². The first-order valence-corrected chi connectivity index (χ1v) is 4.33. The van der Waals surface area contributed by atoms with Crippen LogP contribution < -0.4 is 0 Å². The Labute approximate surface area is 67.8 Å². The molecule has 0 N–H and O–H groups in total. The van der Waals surface area contributed by atoms with Crippen molar-refractivity contribution in [3.8, 4) is 0 Å². The number of hydrogen-bond acceptors (Lipinski definition) is 2. The molecular weight excluding hydrogens is 142 g/mol. The van der Waals surface area contributed by atoms with Crippen LogP contribution in [0, 0.1) is 0 Å². The summed E-state index contributed by atoms with van der Waals surface area (Å²) in [6.45, 7) is 8.31. The fourth-order valence-corrected chi connectivity index (χ4v) is 0.859. The van der Waals surface area contributed by atoms with E-state index in [0.717, 1.165) is 6.42 Å². The first kappa shape index (κ1) is 9.76. The predicted molar refractivity (Wildman–Crippen MR) is 50.4 cm³/mol. The summed E-state index contributed by atoms with van der Waals surface area (Å²) in [7, 11) is 0. The van der Waals surface area contributed by atoms with E-state index in [1.54, 1.807) is 0 Å². The van der Waals surface area contributed by atoms with Crippen molar-refractivity contribution in [2.75, 3.05) is 0 Å². The maximum atomic E-state index is 4.24. The van der Waals surface area contributed by atoms with E-state index < -0.39 is 0 Å².